The molecule has 0 aliphatic heterocycles. The van der Waals surface area contributed by atoms with Crippen LogP contribution in [-0.2, 0) is 4.79 Å². The van der Waals surface area contributed by atoms with Gasteiger partial charge in [-0.2, -0.15) is 0 Å². The molecule has 0 aromatic carbocycles. The van der Waals surface area contributed by atoms with E-state index in [1.165, 1.54) is 135 Å². The Hall–Kier alpha value is -0.910. The quantitative estimate of drug-likeness (QED) is 0.0432. The summed E-state index contributed by atoms with van der Waals surface area (Å²) < 4.78 is 0. The average Bonchev–Trinajstić information content (AvgIpc) is 3.01. The molecule has 0 fully saturated rings. The topological polar surface area (TPSA) is 89.8 Å². The minimum absolute atomic E-state index is 0.150. The number of carbonyl (C=O) groups is 1. The van der Waals surface area contributed by atoms with Gasteiger partial charge in [0.1, 0.15) is 6.10 Å². The number of nitrogens with one attached hydrogen (secondary N) is 1. The largest absolute Gasteiger partial charge is 0.394 e. The second-order valence-electron chi connectivity index (χ2n) is 13.1. The minimum Gasteiger partial charge on any atom is -0.394 e. The number of aliphatic hydroxyl groups is 3. The number of rotatable bonds is 34. The molecule has 0 saturated carbocycles. The smallest absolute Gasteiger partial charge is 0.220 e. The van der Waals surface area contributed by atoms with Crippen molar-refractivity contribution in [3.05, 3.63) is 12.2 Å². The predicted molar refractivity (Wildman–Crippen MR) is 185 cm³/mol. The molecule has 4 N–H and O–H groups in total. The summed E-state index contributed by atoms with van der Waals surface area (Å²) in [5.41, 5.74) is 0. The highest BCUT2D eigenvalue weighted by atomic mass is 16.3. The van der Waals surface area contributed by atoms with Crippen molar-refractivity contribution in [1.82, 2.24) is 5.32 Å². The highest BCUT2D eigenvalue weighted by Gasteiger charge is 2.26. The molecule has 0 aliphatic carbocycles. The van der Waals surface area contributed by atoms with E-state index in [9.17, 15) is 20.1 Å². The summed E-state index contributed by atoms with van der Waals surface area (Å²) in [6, 6.07) is -0.806. The number of allylic oxidation sites excluding steroid dienone is 2. The fourth-order valence-electron chi connectivity index (χ4n) is 5.86. The SMILES string of the molecule is CCCCCCCCCC/C=C\CCCCCCCCCC(=O)NC(CO)C(O)C(O)CCCCCCCCCCCC. The number of unbranched alkanes of at least 4 members (excludes halogenated alkanes) is 24. The zero-order valence-corrected chi connectivity index (χ0v) is 28.8. The molecule has 3 atom stereocenters. The van der Waals surface area contributed by atoms with Crippen LogP contribution in [0.15, 0.2) is 12.2 Å². The van der Waals surface area contributed by atoms with Gasteiger partial charge in [-0.25, -0.2) is 0 Å². The van der Waals surface area contributed by atoms with Crippen molar-refractivity contribution in [2.45, 2.75) is 218 Å². The van der Waals surface area contributed by atoms with Crippen LogP contribution in [0.1, 0.15) is 200 Å². The van der Waals surface area contributed by atoms with E-state index < -0.39 is 18.2 Å². The van der Waals surface area contributed by atoms with Crippen LogP contribution in [0.4, 0.5) is 0 Å². The Morgan fingerprint density at radius 2 is 0.930 bits per heavy atom. The Morgan fingerprint density at radius 1 is 0.558 bits per heavy atom. The lowest BCUT2D eigenvalue weighted by molar-refractivity contribution is -0.124. The second kappa shape index (κ2) is 34.0. The van der Waals surface area contributed by atoms with Crippen LogP contribution >= 0.6 is 0 Å². The Bertz CT molecular complexity index is 596. The zero-order chi connectivity index (χ0) is 31.6. The lowest BCUT2D eigenvalue weighted by Gasteiger charge is -2.26. The lowest BCUT2D eigenvalue weighted by Crippen LogP contribution is -2.50. The van der Waals surface area contributed by atoms with E-state index in [-0.39, 0.29) is 12.5 Å². The third-order valence-corrected chi connectivity index (χ3v) is 8.87. The van der Waals surface area contributed by atoms with Crippen LogP contribution in [-0.4, -0.2) is 46.1 Å². The van der Waals surface area contributed by atoms with Crippen molar-refractivity contribution in [1.29, 1.82) is 0 Å². The molecule has 5 nitrogen and oxygen atoms in total. The Morgan fingerprint density at radius 3 is 1.35 bits per heavy atom. The Labute approximate surface area is 268 Å². The molecule has 0 radical (unpaired) electrons. The molecule has 0 saturated heterocycles. The standard InChI is InChI=1S/C38H75NO4/c1-3-5-7-9-11-13-15-16-17-18-19-20-21-22-23-25-27-29-31-33-37(42)39-35(34-40)38(43)36(41)32-30-28-26-24-14-12-10-8-6-4-2/h18-19,35-36,38,40-41,43H,3-17,20-34H2,1-2H3,(H,39,42)/b19-18-. The molecule has 0 aliphatic rings. The lowest BCUT2D eigenvalue weighted by atomic mass is 9.99. The fraction of sp³-hybridized carbons (Fsp3) is 0.921. The van der Waals surface area contributed by atoms with Crippen molar-refractivity contribution in [3.8, 4) is 0 Å². The van der Waals surface area contributed by atoms with E-state index in [0.717, 1.165) is 38.5 Å². The normalized spacial score (nSPS) is 13.9. The summed E-state index contributed by atoms with van der Waals surface area (Å²) in [7, 11) is 0. The van der Waals surface area contributed by atoms with E-state index in [1.54, 1.807) is 0 Å². The molecule has 1 amide bonds. The van der Waals surface area contributed by atoms with Crippen molar-refractivity contribution >= 4 is 5.91 Å². The van der Waals surface area contributed by atoms with Crippen molar-refractivity contribution in [3.63, 3.8) is 0 Å². The van der Waals surface area contributed by atoms with E-state index in [0.29, 0.717) is 12.8 Å². The Kier molecular flexibility index (Phi) is 33.3. The maximum absolute atomic E-state index is 12.3. The van der Waals surface area contributed by atoms with Crippen LogP contribution in [0, 0.1) is 0 Å². The van der Waals surface area contributed by atoms with E-state index in [1.807, 2.05) is 0 Å². The maximum atomic E-state index is 12.3. The first kappa shape index (κ1) is 42.1. The van der Waals surface area contributed by atoms with Gasteiger partial charge in [0.2, 0.25) is 5.91 Å². The van der Waals surface area contributed by atoms with Gasteiger partial charge in [0.25, 0.3) is 0 Å². The van der Waals surface area contributed by atoms with Crippen molar-refractivity contribution in [2.24, 2.45) is 0 Å². The van der Waals surface area contributed by atoms with Crippen molar-refractivity contribution in [2.75, 3.05) is 6.61 Å². The number of hydrogen-bond acceptors (Lipinski definition) is 4. The van der Waals surface area contributed by atoms with Crippen LogP contribution in [0.5, 0.6) is 0 Å². The molecule has 0 bridgehead atoms. The third kappa shape index (κ3) is 29.6. The van der Waals surface area contributed by atoms with Gasteiger partial charge < -0.3 is 20.6 Å². The van der Waals surface area contributed by atoms with Gasteiger partial charge in [-0.05, 0) is 38.5 Å². The Balaban J connectivity index is 3.64. The molecule has 0 aromatic rings. The van der Waals surface area contributed by atoms with Gasteiger partial charge in [0.05, 0.1) is 18.8 Å². The van der Waals surface area contributed by atoms with E-state index in [4.69, 9.17) is 0 Å². The molecular formula is C38H75NO4. The zero-order valence-electron chi connectivity index (χ0n) is 28.8. The van der Waals surface area contributed by atoms with Crippen LogP contribution in [0.3, 0.4) is 0 Å². The summed E-state index contributed by atoms with van der Waals surface area (Å²) in [6.07, 6.45) is 37.3. The van der Waals surface area contributed by atoms with Gasteiger partial charge in [-0.1, -0.05) is 167 Å². The van der Waals surface area contributed by atoms with Crippen LogP contribution < -0.4 is 5.32 Å². The molecule has 0 rings (SSSR count). The van der Waals surface area contributed by atoms with Crippen molar-refractivity contribution < 1.29 is 20.1 Å². The molecule has 43 heavy (non-hydrogen) atoms. The van der Waals surface area contributed by atoms with Crippen LogP contribution in [0.25, 0.3) is 0 Å². The van der Waals surface area contributed by atoms with Gasteiger partial charge in [0, 0.05) is 6.42 Å². The molecular weight excluding hydrogens is 534 g/mol. The van der Waals surface area contributed by atoms with Gasteiger partial charge in [-0.15, -0.1) is 0 Å². The number of amides is 1. The molecule has 0 spiro atoms. The first-order valence-electron chi connectivity index (χ1n) is 19.0. The highest BCUT2D eigenvalue weighted by molar-refractivity contribution is 5.76. The summed E-state index contributed by atoms with van der Waals surface area (Å²) in [5.74, 6) is -0.150. The van der Waals surface area contributed by atoms with E-state index in [2.05, 4.69) is 31.3 Å². The molecule has 0 heterocycles. The molecule has 0 aromatic heterocycles. The van der Waals surface area contributed by atoms with Gasteiger partial charge >= 0.3 is 0 Å². The molecule has 5 heteroatoms. The number of aliphatic hydroxyl groups excluding tert-OH is 3. The summed E-state index contributed by atoms with van der Waals surface area (Å²) in [6.45, 7) is 4.15. The molecule has 3 unspecified atom stereocenters. The third-order valence-electron chi connectivity index (χ3n) is 8.87. The summed E-state index contributed by atoms with van der Waals surface area (Å²) in [5, 5.41) is 33.3. The maximum Gasteiger partial charge on any atom is 0.220 e. The first-order valence-corrected chi connectivity index (χ1v) is 19.0. The summed E-state index contributed by atoms with van der Waals surface area (Å²) in [4.78, 5) is 12.3. The fourth-order valence-corrected chi connectivity index (χ4v) is 5.86. The summed E-state index contributed by atoms with van der Waals surface area (Å²) >= 11 is 0. The van der Waals surface area contributed by atoms with Crippen LogP contribution in [0.2, 0.25) is 0 Å². The average molecular weight is 610 g/mol. The monoisotopic (exact) mass is 610 g/mol. The molecule has 256 valence electrons. The van der Waals surface area contributed by atoms with Gasteiger partial charge in [-0.3, -0.25) is 4.79 Å². The van der Waals surface area contributed by atoms with Gasteiger partial charge in [0.15, 0.2) is 0 Å². The van der Waals surface area contributed by atoms with E-state index >= 15 is 0 Å². The number of carbonyl (C=O) groups excluding carboxylic acids is 1. The minimum atomic E-state index is -1.13. The predicted octanol–water partition coefficient (Wildman–Crippen LogP) is 10.1. The first-order chi connectivity index (χ1) is 21.1. The number of hydrogen-bond donors (Lipinski definition) is 4. The second-order valence-corrected chi connectivity index (χ2v) is 13.1. The highest BCUT2D eigenvalue weighted by Crippen LogP contribution is 2.15.